The number of rotatable bonds is 0. The van der Waals surface area contributed by atoms with Crippen molar-refractivity contribution in [3.8, 4) is 0 Å². The Balaban J connectivity index is -0.0000000257. The topological polar surface area (TPSA) is 269 Å². The summed E-state index contributed by atoms with van der Waals surface area (Å²) in [5.74, 6) is 0. The largest absolute Gasteiger partial charge is 0.692 e. The van der Waals surface area contributed by atoms with Crippen LogP contribution in [0.4, 0.5) is 0 Å². The lowest BCUT2D eigenvalue weighted by atomic mass is 12.0. The predicted molar refractivity (Wildman–Crippen MR) is 58.7 cm³/mol. The van der Waals surface area contributed by atoms with Crippen LogP contribution >= 0.6 is 33.0 Å². The standard InChI is InChI=1S/CH4.H3N.4HO3P/c;;4*1-4(2)3/h1H4;1H3;3*(H-,1,2,3);(H,1,2,3)/p+4. The molecule has 0 bridgehead atoms. The van der Waals surface area contributed by atoms with Crippen LogP contribution < -0.4 is 11.0 Å². The molecule has 0 saturated heterocycles. The Hall–Kier alpha value is 0.0400. The highest BCUT2D eigenvalue weighted by Crippen LogP contribution is 1.99. The van der Waals surface area contributed by atoms with E-state index in [2.05, 4.69) is 0 Å². The summed E-state index contributed by atoms with van der Waals surface area (Å²) >= 11 is 0. The molecule has 1 atom stereocenters. The first-order valence-corrected chi connectivity index (χ1v) is 6.94. The van der Waals surface area contributed by atoms with Gasteiger partial charge in [0.2, 0.25) is 0 Å². The van der Waals surface area contributed by atoms with E-state index < -0.39 is 33.0 Å². The van der Waals surface area contributed by atoms with Crippen molar-refractivity contribution in [3.63, 3.8) is 0 Å². The van der Waals surface area contributed by atoms with E-state index in [9.17, 15) is 0 Å². The average Bonchev–Trinajstić information content (AvgIpc) is 1.76. The molecular formula is CH15NO12P4+4. The van der Waals surface area contributed by atoms with Crippen molar-refractivity contribution >= 4 is 33.0 Å². The maximum atomic E-state index is 8.70. The molecule has 0 amide bonds. The lowest BCUT2D eigenvalue weighted by Gasteiger charge is -1.56. The van der Waals surface area contributed by atoms with E-state index in [0.29, 0.717) is 0 Å². The summed E-state index contributed by atoms with van der Waals surface area (Å²) in [6, 6.07) is 0. The molecule has 112 valence electrons. The zero-order valence-corrected chi connectivity index (χ0v) is 11.5. The van der Waals surface area contributed by atoms with E-state index in [1.54, 1.807) is 0 Å². The fraction of sp³-hybridized carbons (Fsp3) is 1.00. The second-order valence-electron chi connectivity index (χ2n) is 0.996. The molecule has 0 aliphatic rings. The van der Waals surface area contributed by atoms with Crippen molar-refractivity contribution in [2.45, 2.75) is 7.43 Å². The molecule has 13 nitrogen and oxygen atoms in total. The Kier molecular flexibility index (Phi) is 60.7. The highest BCUT2D eigenvalue weighted by Gasteiger charge is 1.93. The van der Waals surface area contributed by atoms with Gasteiger partial charge in [-0.3, -0.25) is 0 Å². The van der Waals surface area contributed by atoms with Crippen molar-refractivity contribution in [1.82, 2.24) is 6.15 Å². The van der Waals surface area contributed by atoms with E-state index in [0.717, 1.165) is 0 Å². The van der Waals surface area contributed by atoms with E-state index in [4.69, 9.17) is 57.4 Å². The van der Waals surface area contributed by atoms with Crippen molar-refractivity contribution in [2.24, 2.45) is 0 Å². The van der Waals surface area contributed by atoms with E-state index >= 15 is 0 Å². The SMILES string of the molecule is C.O=[P+](O)O.O=[P+](O)O.O=[P+](O)O.O=[P+]([O-])O.[NH4+]. The summed E-state index contributed by atoms with van der Waals surface area (Å²) in [5, 5.41) is 0. The smallest absolute Gasteiger partial charge is 0.567 e. The van der Waals surface area contributed by atoms with Crippen LogP contribution in [0, 0.1) is 0 Å². The average molecular weight is 357 g/mol. The van der Waals surface area contributed by atoms with Crippen LogP contribution in [-0.4, -0.2) is 34.3 Å². The number of hydrogen-bond acceptors (Lipinski definition) is 5. The summed E-state index contributed by atoms with van der Waals surface area (Å²) in [6.07, 6.45) is 0. The highest BCUT2D eigenvalue weighted by atomic mass is 31.1. The summed E-state index contributed by atoms with van der Waals surface area (Å²) in [7, 11) is -11.7. The van der Waals surface area contributed by atoms with Crippen LogP contribution in [0.1, 0.15) is 7.43 Å². The first kappa shape index (κ1) is 36.1. The third-order valence-corrected chi connectivity index (χ3v) is 0. The van der Waals surface area contributed by atoms with Gasteiger partial charge < -0.3 is 11.0 Å². The van der Waals surface area contributed by atoms with Crippen LogP contribution in [0.2, 0.25) is 0 Å². The Labute approximate surface area is 105 Å². The minimum absolute atomic E-state index is 0. The second kappa shape index (κ2) is 30.2. The molecule has 0 spiro atoms. The number of hydrogen-bond donors (Lipinski definition) is 8. The molecule has 0 heterocycles. The molecule has 18 heavy (non-hydrogen) atoms. The van der Waals surface area contributed by atoms with Crippen LogP contribution in [0.5, 0.6) is 0 Å². The van der Waals surface area contributed by atoms with Crippen LogP contribution in [0.25, 0.3) is 0 Å². The van der Waals surface area contributed by atoms with E-state index in [1.807, 2.05) is 0 Å². The van der Waals surface area contributed by atoms with Gasteiger partial charge in [-0.05, 0) is 4.57 Å². The molecule has 0 aliphatic heterocycles. The molecule has 0 aromatic rings. The van der Waals surface area contributed by atoms with Gasteiger partial charge in [0.25, 0.3) is 0 Å². The molecule has 11 N–H and O–H groups in total. The van der Waals surface area contributed by atoms with Gasteiger partial charge in [-0.15, -0.1) is 29.4 Å². The van der Waals surface area contributed by atoms with Gasteiger partial charge >= 0.3 is 33.0 Å². The maximum Gasteiger partial charge on any atom is 0.692 e. The quantitative estimate of drug-likeness (QED) is 0.240. The van der Waals surface area contributed by atoms with Crippen molar-refractivity contribution < 1.29 is 57.4 Å². The van der Waals surface area contributed by atoms with Gasteiger partial charge in [0.1, 0.15) is 0 Å². The van der Waals surface area contributed by atoms with Crippen molar-refractivity contribution in [2.75, 3.05) is 0 Å². The molecule has 0 aromatic carbocycles. The lowest BCUT2D eigenvalue weighted by molar-refractivity contribution is -0.180. The Morgan fingerprint density at radius 2 is 0.611 bits per heavy atom. The summed E-state index contributed by atoms with van der Waals surface area (Å²) in [4.78, 5) is 58.3. The van der Waals surface area contributed by atoms with Crippen LogP contribution in [0.15, 0.2) is 0 Å². The van der Waals surface area contributed by atoms with Crippen LogP contribution in [0.3, 0.4) is 0 Å². The monoisotopic (exact) mass is 357 g/mol. The van der Waals surface area contributed by atoms with Crippen LogP contribution in [-0.2, 0) is 18.3 Å². The van der Waals surface area contributed by atoms with Gasteiger partial charge in [0.05, 0.1) is 0 Å². The molecule has 0 saturated carbocycles. The maximum absolute atomic E-state index is 8.70. The Morgan fingerprint density at radius 1 is 0.611 bits per heavy atom. The first-order chi connectivity index (χ1) is 6.93. The molecule has 17 heteroatoms. The zero-order valence-electron chi connectivity index (χ0n) is 7.96. The predicted octanol–water partition coefficient (Wildman–Crippen LogP) is -1.11. The van der Waals surface area contributed by atoms with Gasteiger partial charge in [-0.2, -0.15) is 4.89 Å². The fourth-order valence-electron chi connectivity index (χ4n) is 0. The Morgan fingerprint density at radius 3 is 0.611 bits per heavy atom. The first-order valence-electron chi connectivity index (χ1n) is 2.31. The lowest BCUT2D eigenvalue weighted by Crippen LogP contribution is -1.78. The second-order valence-corrected chi connectivity index (χ2v) is 2.99. The molecular weight excluding hydrogens is 342 g/mol. The normalized spacial score (nSPS) is 6.78. The van der Waals surface area contributed by atoms with E-state index in [-0.39, 0.29) is 13.6 Å². The summed E-state index contributed by atoms with van der Waals surface area (Å²) < 4.78 is 34.7. The summed E-state index contributed by atoms with van der Waals surface area (Å²) in [6.45, 7) is 0. The van der Waals surface area contributed by atoms with E-state index in [1.165, 1.54) is 0 Å². The third-order valence-electron chi connectivity index (χ3n) is 0. The molecule has 0 rings (SSSR count). The fourth-order valence-corrected chi connectivity index (χ4v) is 0. The number of quaternary nitrogens is 1. The Bertz CT molecular complexity index is 164. The minimum Gasteiger partial charge on any atom is -0.567 e. The van der Waals surface area contributed by atoms with Gasteiger partial charge in [0.15, 0.2) is 0 Å². The minimum atomic E-state index is -3.12. The molecule has 0 aromatic heterocycles. The zero-order chi connectivity index (χ0) is 14.3. The van der Waals surface area contributed by atoms with Crippen molar-refractivity contribution in [3.05, 3.63) is 0 Å². The molecule has 0 aliphatic carbocycles. The van der Waals surface area contributed by atoms with Gasteiger partial charge in [0, 0.05) is 13.7 Å². The molecule has 1 unspecified atom stereocenters. The molecule has 0 radical (unpaired) electrons. The van der Waals surface area contributed by atoms with Crippen molar-refractivity contribution in [1.29, 1.82) is 0 Å². The summed E-state index contributed by atoms with van der Waals surface area (Å²) in [5.41, 5.74) is 0. The van der Waals surface area contributed by atoms with Gasteiger partial charge in [-0.1, -0.05) is 7.43 Å². The van der Waals surface area contributed by atoms with Gasteiger partial charge in [-0.25, -0.2) is 0 Å². The third kappa shape index (κ3) is 2270000. The molecule has 0 fully saturated rings. The highest BCUT2D eigenvalue weighted by molar-refractivity contribution is 7.31.